The predicted molar refractivity (Wildman–Crippen MR) is 180 cm³/mol. The zero-order valence-electron chi connectivity index (χ0n) is 28.5. The first-order chi connectivity index (χ1) is 21.8. The minimum Gasteiger partial charge on any atom is -0.480 e. The molecule has 3 aromatic rings. The first kappa shape index (κ1) is 34.3. The van der Waals surface area contributed by atoms with Gasteiger partial charge in [0.15, 0.2) is 0 Å². The second-order valence-corrected chi connectivity index (χ2v) is 14.6. The number of carboxylic acids is 1. The SMILES string of the molecule is CCn1nc(Cc2ccc(C(C)(C)O)cc2)cc1C1CCN(C[C@H]2C[C@H](N(C)[C@@H](C(=O)O)C(C)C)C[C@@H]2c2cccc(F)c2)CC1. The summed E-state index contributed by atoms with van der Waals surface area (Å²) in [5.41, 5.74) is 4.67. The second-order valence-electron chi connectivity index (χ2n) is 14.6. The second kappa shape index (κ2) is 14.4. The molecule has 0 radical (unpaired) electrons. The van der Waals surface area contributed by atoms with Gasteiger partial charge in [0.05, 0.1) is 11.3 Å². The van der Waals surface area contributed by atoms with E-state index in [1.807, 2.05) is 39.1 Å². The van der Waals surface area contributed by atoms with E-state index >= 15 is 0 Å². The zero-order valence-corrected chi connectivity index (χ0v) is 28.5. The van der Waals surface area contributed by atoms with Crippen molar-refractivity contribution < 1.29 is 19.4 Å². The molecule has 1 saturated carbocycles. The van der Waals surface area contributed by atoms with Gasteiger partial charge in [-0.3, -0.25) is 14.4 Å². The fourth-order valence-electron chi connectivity index (χ4n) is 8.07. The number of aliphatic carboxylic acids is 1. The number of piperidine rings is 1. The summed E-state index contributed by atoms with van der Waals surface area (Å²) in [6, 6.07) is 17.1. The Morgan fingerprint density at radius 1 is 1.09 bits per heavy atom. The quantitative estimate of drug-likeness (QED) is 0.233. The Labute approximate surface area is 274 Å². The maximum Gasteiger partial charge on any atom is 0.321 e. The fraction of sp³-hybridized carbons (Fsp3) is 0.579. The fourth-order valence-corrected chi connectivity index (χ4v) is 8.07. The van der Waals surface area contributed by atoms with Crippen molar-refractivity contribution in [2.75, 3.05) is 26.7 Å². The summed E-state index contributed by atoms with van der Waals surface area (Å²) < 4.78 is 16.5. The molecule has 2 fully saturated rings. The predicted octanol–water partition coefficient (Wildman–Crippen LogP) is 6.64. The van der Waals surface area contributed by atoms with Crippen LogP contribution in [0.5, 0.6) is 0 Å². The van der Waals surface area contributed by atoms with Crippen LogP contribution in [0, 0.1) is 17.7 Å². The molecule has 0 amide bonds. The number of likely N-dealkylation sites (N-methyl/N-ethyl adjacent to an activating group) is 1. The van der Waals surface area contributed by atoms with E-state index in [9.17, 15) is 19.4 Å². The zero-order chi connectivity index (χ0) is 33.2. The monoisotopic (exact) mass is 632 g/mol. The maximum atomic E-state index is 14.3. The van der Waals surface area contributed by atoms with E-state index < -0.39 is 17.6 Å². The van der Waals surface area contributed by atoms with E-state index in [1.54, 1.807) is 26.0 Å². The molecule has 1 aliphatic heterocycles. The Morgan fingerprint density at radius 2 is 1.78 bits per heavy atom. The average Bonchev–Trinajstić information content (AvgIpc) is 3.61. The van der Waals surface area contributed by atoms with Crippen LogP contribution in [0.4, 0.5) is 4.39 Å². The smallest absolute Gasteiger partial charge is 0.321 e. The average molecular weight is 633 g/mol. The third-order valence-electron chi connectivity index (χ3n) is 10.6. The van der Waals surface area contributed by atoms with E-state index in [0.29, 0.717) is 11.8 Å². The minimum absolute atomic E-state index is 0.00416. The Morgan fingerprint density at radius 3 is 2.37 bits per heavy atom. The van der Waals surface area contributed by atoms with Crippen molar-refractivity contribution in [2.24, 2.45) is 11.8 Å². The minimum atomic E-state index is -0.849. The van der Waals surface area contributed by atoms with Crippen LogP contribution in [-0.2, 0) is 23.4 Å². The van der Waals surface area contributed by atoms with E-state index in [2.05, 4.69) is 39.6 Å². The van der Waals surface area contributed by atoms with E-state index in [1.165, 1.54) is 17.3 Å². The highest BCUT2D eigenvalue weighted by Crippen LogP contribution is 2.43. The number of carboxylic acid groups (broad SMARTS) is 1. The van der Waals surface area contributed by atoms with Crippen LogP contribution >= 0.6 is 0 Å². The number of benzene rings is 2. The first-order valence-corrected chi connectivity index (χ1v) is 17.1. The van der Waals surface area contributed by atoms with Gasteiger partial charge in [0.2, 0.25) is 0 Å². The lowest BCUT2D eigenvalue weighted by Gasteiger charge is -2.35. The number of rotatable bonds is 12. The van der Waals surface area contributed by atoms with Crippen LogP contribution in [0.25, 0.3) is 0 Å². The summed E-state index contributed by atoms with van der Waals surface area (Å²) in [5.74, 6) is 0.0105. The van der Waals surface area contributed by atoms with Crippen molar-refractivity contribution >= 4 is 5.97 Å². The van der Waals surface area contributed by atoms with Crippen molar-refractivity contribution in [3.05, 3.63) is 88.5 Å². The molecule has 7 nitrogen and oxygen atoms in total. The van der Waals surface area contributed by atoms with Gasteiger partial charge >= 0.3 is 5.97 Å². The Kier molecular flexibility index (Phi) is 10.7. The van der Waals surface area contributed by atoms with Crippen LogP contribution in [0.2, 0.25) is 0 Å². The molecule has 1 saturated heterocycles. The molecule has 0 unspecified atom stereocenters. The molecule has 0 bridgehead atoms. The molecular formula is C38H53FN4O3. The number of aromatic nitrogens is 2. The van der Waals surface area contributed by atoms with Crippen LogP contribution < -0.4 is 0 Å². The van der Waals surface area contributed by atoms with Gasteiger partial charge in [0.25, 0.3) is 0 Å². The molecule has 1 aromatic heterocycles. The molecule has 46 heavy (non-hydrogen) atoms. The first-order valence-electron chi connectivity index (χ1n) is 17.1. The number of hydrogen-bond acceptors (Lipinski definition) is 5. The molecule has 2 aromatic carbocycles. The van der Waals surface area contributed by atoms with E-state index in [0.717, 1.165) is 75.1 Å². The summed E-state index contributed by atoms with van der Waals surface area (Å²) >= 11 is 0. The number of hydrogen-bond donors (Lipinski definition) is 2. The maximum absolute atomic E-state index is 14.3. The molecule has 8 heteroatoms. The molecule has 2 N–H and O–H groups in total. The topological polar surface area (TPSA) is 81.8 Å². The normalized spacial score (nSPS) is 22.2. The van der Waals surface area contributed by atoms with Crippen LogP contribution in [0.1, 0.15) is 100 Å². The molecule has 250 valence electrons. The summed E-state index contributed by atoms with van der Waals surface area (Å²) in [6.45, 7) is 13.5. The molecule has 5 rings (SSSR count). The largest absolute Gasteiger partial charge is 0.480 e. The van der Waals surface area contributed by atoms with Gasteiger partial charge < -0.3 is 15.1 Å². The van der Waals surface area contributed by atoms with E-state index in [4.69, 9.17) is 5.10 Å². The van der Waals surface area contributed by atoms with Gasteiger partial charge in [-0.05, 0) is 119 Å². The standard InChI is InChI=1S/C38H53FN4O3/c1-7-43-35(22-32(40-43)19-26-11-13-30(14-12-26)38(4,5)46)27-15-17-42(18-16-27)24-29-21-33(41(6)36(25(2)3)37(44)45)23-34(29)28-9-8-10-31(39)20-28/h8-14,20,22,25,27,29,33-34,36,46H,7,15-19,21,23-24H2,1-6H3,(H,44,45)/t29-,33+,34-,36-/m1/s1. The Bertz CT molecular complexity index is 1460. The number of halogens is 1. The van der Waals surface area contributed by atoms with Gasteiger partial charge in [-0.25, -0.2) is 4.39 Å². The van der Waals surface area contributed by atoms with E-state index in [-0.39, 0.29) is 23.7 Å². The van der Waals surface area contributed by atoms with Gasteiger partial charge in [0, 0.05) is 37.2 Å². The van der Waals surface area contributed by atoms with Crippen molar-refractivity contribution in [2.45, 2.75) is 103 Å². The van der Waals surface area contributed by atoms with Crippen LogP contribution in [0.3, 0.4) is 0 Å². The highest BCUT2D eigenvalue weighted by Gasteiger charge is 2.42. The highest BCUT2D eigenvalue weighted by molar-refractivity contribution is 5.73. The molecule has 4 atom stereocenters. The molecular weight excluding hydrogens is 579 g/mol. The third-order valence-corrected chi connectivity index (χ3v) is 10.6. The third kappa shape index (κ3) is 7.89. The Hall–Kier alpha value is -3.07. The Balaban J connectivity index is 1.24. The molecule has 2 aliphatic rings. The lowest BCUT2D eigenvalue weighted by atomic mass is 9.87. The molecule has 2 heterocycles. The van der Waals surface area contributed by atoms with Crippen molar-refractivity contribution in [3.63, 3.8) is 0 Å². The van der Waals surface area contributed by atoms with Gasteiger partial charge in [-0.2, -0.15) is 5.10 Å². The van der Waals surface area contributed by atoms with Gasteiger partial charge in [-0.15, -0.1) is 0 Å². The van der Waals surface area contributed by atoms with Crippen molar-refractivity contribution in [1.29, 1.82) is 0 Å². The van der Waals surface area contributed by atoms with Crippen molar-refractivity contribution in [3.8, 4) is 0 Å². The van der Waals surface area contributed by atoms with Crippen molar-refractivity contribution in [1.82, 2.24) is 19.6 Å². The van der Waals surface area contributed by atoms with Crippen LogP contribution in [-0.4, -0.2) is 74.5 Å². The molecule has 1 aliphatic carbocycles. The molecule has 0 spiro atoms. The number of carbonyl (C=O) groups is 1. The number of aryl methyl sites for hydroxylation is 1. The summed E-state index contributed by atoms with van der Waals surface area (Å²) in [7, 11) is 1.95. The highest BCUT2D eigenvalue weighted by atomic mass is 19.1. The van der Waals surface area contributed by atoms with Gasteiger partial charge in [0.1, 0.15) is 11.9 Å². The number of nitrogens with zero attached hydrogens (tertiary/aromatic N) is 4. The number of likely N-dealkylation sites (tertiary alicyclic amines) is 1. The van der Waals surface area contributed by atoms with Gasteiger partial charge in [-0.1, -0.05) is 50.2 Å². The summed E-state index contributed by atoms with van der Waals surface area (Å²) in [6.07, 6.45) is 4.66. The summed E-state index contributed by atoms with van der Waals surface area (Å²) in [4.78, 5) is 16.8. The van der Waals surface area contributed by atoms with Crippen LogP contribution in [0.15, 0.2) is 54.6 Å². The number of aliphatic hydroxyl groups is 1. The summed E-state index contributed by atoms with van der Waals surface area (Å²) in [5, 5.41) is 25.2. The lowest BCUT2D eigenvalue weighted by molar-refractivity contribution is -0.145. The lowest BCUT2D eigenvalue weighted by Crippen LogP contribution is -2.47.